The summed E-state index contributed by atoms with van der Waals surface area (Å²) in [6, 6.07) is 1.84. The lowest BCUT2D eigenvalue weighted by Crippen LogP contribution is -2.07. The summed E-state index contributed by atoms with van der Waals surface area (Å²) >= 11 is 6.17. The number of aromatic nitrogens is 3. The van der Waals surface area contributed by atoms with E-state index >= 15 is 0 Å². The summed E-state index contributed by atoms with van der Waals surface area (Å²) < 4.78 is 1.53. The molecule has 3 aromatic heterocycles. The number of rotatable bonds is 1. The number of thiophene rings is 1. The van der Waals surface area contributed by atoms with E-state index in [4.69, 9.17) is 0 Å². The second-order valence-electron chi connectivity index (χ2n) is 3.02. The SMILES string of the molecule is O=c1[nH]c(-c2nccs2)nc2cc(Br)sc12. The molecule has 3 heterocycles. The van der Waals surface area contributed by atoms with Crippen LogP contribution in [-0.4, -0.2) is 15.0 Å². The summed E-state index contributed by atoms with van der Waals surface area (Å²) in [5, 5.41) is 2.57. The molecular weight excluding hydrogens is 310 g/mol. The van der Waals surface area contributed by atoms with Gasteiger partial charge < -0.3 is 4.98 Å². The Morgan fingerprint density at radius 1 is 1.44 bits per heavy atom. The van der Waals surface area contributed by atoms with Crippen LogP contribution in [0.25, 0.3) is 21.0 Å². The van der Waals surface area contributed by atoms with E-state index in [2.05, 4.69) is 30.9 Å². The summed E-state index contributed by atoms with van der Waals surface area (Å²) in [4.78, 5) is 23.0. The van der Waals surface area contributed by atoms with E-state index < -0.39 is 0 Å². The van der Waals surface area contributed by atoms with Gasteiger partial charge in [0.1, 0.15) is 4.70 Å². The highest BCUT2D eigenvalue weighted by Gasteiger charge is 2.10. The number of nitrogens with zero attached hydrogens (tertiary/aromatic N) is 2. The average molecular weight is 314 g/mol. The molecule has 3 rings (SSSR count). The number of hydrogen-bond acceptors (Lipinski definition) is 5. The summed E-state index contributed by atoms with van der Waals surface area (Å²) in [7, 11) is 0. The zero-order valence-electron chi connectivity index (χ0n) is 7.73. The molecule has 0 amide bonds. The molecule has 0 aliphatic rings. The molecule has 7 heteroatoms. The number of aromatic amines is 1. The van der Waals surface area contributed by atoms with Crippen molar-refractivity contribution in [3.8, 4) is 10.8 Å². The van der Waals surface area contributed by atoms with Crippen molar-refractivity contribution in [2.24, 2.45) is 0 Å². The van der Waals surface area contributed by atoms with Gasteiger partial charge in [-0.05, 0) is 22.0 Å². The van der Waals surface area contributed by atoms with Gasteiger partial charge in [-0.3, -0.25) is 4.79 Å². The van der Waals surface area contributed by atoms with Crippen LogP contribution < -0.4 is 5.56 Å². The van der Waals surface area contributed by atoms with Crippen LogP contribution in [0.1, 0.15) is 0 Å². The largest absolute Gasteiger partial charge is 0.303 e. The smallest absolute Gasteiger partial charge is 0.269 e. The van der Waals surface area contributed by atoms with Crippen LogP contribution in [0.5, 0.6) is 0 Å². The molecule has 0 aromatic carbocycles. The summed E-state index contributed by atoms with van der Waals surface area (Å²) in [6.07, 6.45) is 1.69. The Balaban J connectivity index is 2.33. The van der Waals surface area contributed by atoms with E-state index in [1.165, 1.54) is 22.7 Å². The zero-order valence-corrected chi connectivity index (χ0v) is 10.9. The molecule has 4 nitrogen and oxygen atoms in total. The van der Waals surface area contributed by atoms with E-state index in [0.29, 0.717) is 16.0 Å². The molecule has 0 atom stereocenters. The molecule has 3 aromatic rings. The molecule has 0 spiro atoms. The fraction of sp³-hybridized carbons (Fsp3) is 0. The molecular formula is C9H4BrN3OS2. The second-order valence-corrected chi connectivity index (χ2v) is 6.34. The predicted molar refractivity (Wildman–Crippen MR) is 69.0 cm³/mol. The van der Waals surface area contributed by atoms with Crippen LogP contribution in [0.15, 0.2) is 26.2 Å². The fourth-order valence-corrected chi connectivity index (χ4v) is 3.35. The first-order valence-electron chi connectivity index (χ1n) is 4.33. The Bertz CT molecular complexity index is 701. The van der Waals surface area contributed by atoms with Gasteiger partial charge in [0.05, 0.1) is 9.30 Å². The van der Waals surface area contributed by atoms with E-state index in [1.807, 2.05) is 11.4 Å². The lowest BCUT2D eigenvalue weighted by atomic mass is 10.4. The van der Waals surface area contributed by atoms with Crippen molar-refractivity contribution in [2.75, 3.05) is 0 Å². The van der Waals surface area contributed by atoms with Gasteiger partial charge in [0, 0.05) is 11.6 Å². The number of halogens is 1. The molecule has 0 radical (unpaired) electrons. The minimum atomic E-state index is -0.120. The van der Waals surface area contributed by atoms with E-state index in [9.17, 15) is 4.79 Å². The van der Waals surface area contributed by atoms with Gasteiger partial charge in [-0.15, -0.1) is 22.7 Å². The predicted octanol–water partition coefficient (Wildman–Crippen LogP) is 2.87. The first-order chi connectivity index (χ1) is 7.74. The van der Waals surface area contributed by atoms with Crippen LogP contribution in [0, 0.1) is 0 Å². The molecule has 0 bridgehead atoms. The van der Waals surface area contributed by atoms with Crippen molar-refractivity contribution >= 4 is 48.8 Å². The maximum Gasteiger partial charge on any atom is 0.269 e. The Morgan fingerprint density at radius 3 is 3.06 bits per heavy atom. The van der Waals surface area contributed by atoms with Gasteiger partial charge in [0.15, 0.2) is 10.8 Å². The van der Waals surface area contributed by atoms with Crippen molar-refractivity contribution in [1.82, 2.24) is 15.0 Å². The molecule has 0 aliphatic heterocycles. The minimum absolute atomic E-state index is 0.120. The Hall–Kier alpha value is -1.05. The van der Waals surface area contributed by atoms with Crippen LogP contribution in [0.4, 0.5) is 0 Å². The van der Waals surface area contributed by atoms with Gasteiger partial charge in [-0.25, -0.2) is 9.97 Å². The van der Waals surface area contributed by atoms with Crippen molar-refractivity contribution in [3.05, 3.63) is 31.8 Å². The fourth-order valence-electron chi connectivity index (χ4n) is 1.35. The summed E-state index contributed by atoms with van der Waals surface area (Å²) in [5.41, 5.74) is 0.580. The highest BCUT2D eigenvalue weighted by Crippen LogP contribution is 2.27. The van der Waals surface area contributed by atoms with Crippen LogP contribution in [0.3, 0.4) is 0 Å². The molecule has 80 valence electrons. The first-order valence-corrected chi connectivity index (χ1v) is 6.82. The van der Waals surface area contributed by atoms with Crippen molar-refractivity contribution in [1.29, 1.82) is 0 Å². The molecule has 0 unspecified atom stereocenters. The third-order valence-electron chi connectivity index (χ3n) is 1.99. The summed E-state index contributed by atoms with van der Waals surface area (Å²) in [6.45, 7) is 0. The normalized spacial score (nSPS) is 11.1. The highest BCUT2D eigenvalue weighted by molar-refractivity contribution is 9.11. The lowest BCUT2D eigenvalue weighted by molar-refractivity contribution is 1.17. The van der Waals surface area contributed by atoms with Crippen LogP contribution >= 0.6 is 38.6 Å². The first kappa shape index (κ1) is 10.1. The van der Waals surface area contributed by atoms with Crippen molar-refractivity contribution in [3.63, 3.8) is 0 Å². The minimum Gasteiger partial charge on any atom is -0.303 e. The molecule has 0 saturated heterocycles. The standard InChI is InChI=1S/C9H4BrN3OS2/c10-5-3-4-6(16-5)8(14)13-7(12-4)9-11-1-2-15-9/h1-3H,(H,12,13,14). The molecule has 0 saturated carbocycles. The Morgan fingerprint density at radius 2 is 2.31 bits per heavy atom. The molecule has 0 aliphatic carbocycles. The number of H-pyrrole nitrogens is 1. The molecule has 16 heavy (non-hydrogen) atoms. The average Bonchev–Trinajstić information content (AvgIpc) is 2.84. The van der Waals surface area contributed by atoms with Gasteiger partial charge in [0.25, 0.3) is 5.56 Å². The van der Waals surface area contributed by atoms with Gasteiger partial charge in [0.2, 0.25) is 0 Å². The van der Waals surface area contributed by atoms with Gasteiger partial charge in [-0.1, -0.05) is 0 Å². The zero-order chi connectivity index (χ0) is 11.1. The van der Waals surface area contributed by atoms with Crippen LogP contribution in [-0.2, 0) is 0 Å². The third-order valence-corrected chi connectivity index (χ3v) is 4.39. The van der Waals surface area contributed by atoms with Crippen LogP contribution in [0.2, 0.25) is 0 Å². The maximum atomic E-state index is 11.8. The monoisotopic (exact) mass is 313 g/mol. The second kappa shape index (κ2) is 3.76. The number of nitrogens with one attached hydrogen (secondary N) is 1. The quantitative estimate of drug-likeness (QED) is 0.751. The van der Waals surface area contributed by atoms with Crippen molar-refractivity contribution in [2.45, 2.75) is 0 Å². The van der Waals surface area contributed by atoms with Gasteiger partial charge in [-0.2, -0.15) is 0 Å². The lowest BCUT2D eigenvalue weighted by Gasteiger charge is -1.94. The molecule has 0 fully saturated rings. The van der Waals surface area contributed by atoms with E-state index in [0.717, 1.165) is 8.79 Å². The Labute approximate surface area is 106 Å². The number of hydrogen-bond donors (Lipinski definition) is 1. The number of fused-ring (bicyclic) bond motifs is 1. The highest BCUT2D eigenvalue weighted by atomic mass is 79.9. The topological polar surface area (TPSA) is 58.6 Å². The van der Waals surface area contributed by atoms with E-state index in [1.54, 1.807) is 6.20 Å². The van der Waals surface area contributed by atoms with Crippen molar-refractivity contribution < 1.29 is 0 Å². The molecule has 1 N–H and O–H groups in total. The summed E-state index contributed by atoms with van der Waals surface area (Å²) in [5.74, 6) is 0.526. The maximum absolute atomic E-state index is 11.8. The van der Waals surface area contributed by atoms with E-state index in [-0.39, 0.29) is 5.56 Å². The number of thiazole rings is 1. The third kappa shape index (κ3) is 1.60. The Kier molecular flexibility index (Phi) is 2.38. The van der Waals surface area contributed by atoms with Gasteiger partial charge >= 0.3 is 0 Å².